The number of rotatable bonds is 6. The van der Waals surface area contributed by atoms with Gasteiger partial charge in [-0.3, -0.25) is 14.9 Å². The first kappa shape index (κ1) is 20.1. The molecule has 0 saturated heterocycles. The number of thioether (sulfide) groups is 1. The summed E-state index contributed by atoms with van der Waals surface area (Å²) in [6, 6.07) is 11.9. The van der Waals surface area contributed by atoms with Gasteiger partial charge in [0.1, 0.15) is 0 Å². The van der Waals surface area contributed by atoms with E-state index in [1.165, 1.54) is 23.5 Å². The molecule has 3 aromatic rings. The van der Waals surface area contributed by atoms with Gasteiger partial charge < -0.3 is 4.57 Å². The monoisotopic (exact) mass is 431 g/mol. The lowest BCUT2D eigenvalue weighted by molar-refractivity contribution is -0.384. The number of carbonyl (C=O) groups excluding carboxylic acids is 1. The second-order valence-corrected chi connectivity index (χ2v) is 8.26. The van der Waals surface area contributed by atoms with Crippen molar-refractivity contribution in [2.45, 2.75) is 17.9 Å². The van der Waals surface area contributed by atoms with Crippen LogP contribution in [0.3, 0.4) is 0 Å². The first-order valence-electron chi connectivity index (χ1n) is 8.15. The molecular formula is C19H14ClN3O3S2. The summed E-state index contributed by atoms with van der Waals surface area (Å²) in [6.07, 6.45) is 5.69. The van der Waals surface area contributed by atoms with E-state index in [0.29, 0.717) is 21.1 Å². The zero-order valence-corrected chi connectivity index (χ0v) is 16.9. The van der Waals surface area contributed by atoms with Crippen LogP contribution >= 0.6 is 34.7 Å². The number of nitro groups is 1. The highest BCUT2D eigenvalue weighted by Crippen LogP contribution is 2.23. The van der Waals surface area contributed by atoms with E-state index in [1.807, 2.05) is 12.1 Å². The van der Waals surface area contributed by atoms with Gasteiger partial charge in [-0.25, -0.2) is 0 Å². The Morgan fingerprint density at radius 1 is 1.32 bits per heavy atom. The van der Waals surface area contributed by atoms with Gasteiger partial charge in [0.15, 0.2) is 4.80 Å². The predicted molar refractivity (Wildman–Crippen MR) is 113 cm³/mol. The van der Waals surface area contributed by atoms with Gasteiger partial charge in [-0.15, -0.1) is 18.2 Å². The number of hydrogen-bond donors (Lipinski definition) is 0. The van der Waals surface area contributed by atoms with Crippen molar-refractivity contribution >= 4 is 56.5 Å². The molecule has 9 heteroatoms. The number of amides is 1. The van der Waals surface area contributed by atoms with Crippen LogP contribution in [0.5, 0.6) is 0 Å². The molecule has 3 rings (SSSR count). The van der Waals surface area contributed by atoms with Crippen LogP contribution in [0.2, 0.25) is 5.02 Å². The smallest absolute Gasteiger partial charge is 0.271 e. The second-order valence-electron chi connectivity index (χ2n) is 5.64. The van der Waals surface area contributed by atoms with Crippen molar-refractivity contribution in [3.8, 4) is 12.3 Å². The lowest BCUT2D eigenvalue weighted by Gasteiger charge is -2.01. The lowest BCUT2D eigenvalue weighted by atomic mass is 10.3. The molecule has 0 aliphatic carbocycles. The highest BCUT2D eigenvalue weighted by Gasteiger charge is 2.12. The number of non-ortho nitro benzene ring substituents is 1. The zero-order chi connectivity index (χ0) is 20.1. The molecule has 0 fully saturated rings. The fourth-order valence-corrected chi connectivity index (χ4v) is 4.44. The molecule has 1 amide bonds. The largest absolute Gasteiger partial charge is 0.304 e. The topological polar surface area (TPSA) is 77.5 Å². The van der Waals surface area contributed by atoms with Crippen molar-refractivity contribution in [3.63, 3.8) is 0 Å². The molecule has 0 saturated carbocycles. The Hall–Kier alpha value is -2.60. The average molecular weight is 432 g/mol. The standard InChI is InChI=1S/C19H14ClN3O3S2/c1-2-10-22-16-12-14(23(25)26)5-8-17(16)28-19(22)21-18(24)9-11-27-15-6-3-13(20)4-7-15/h1,3-8,12H,9-11H2. The lowest BCUT2D eigenvalue weighted by Crippen LogP contribution is -2.16. The summed E-state index contributed by atoms with van der Waals surface area (Å²) >= 11 is 8.68. The fraction of sp³-hybridized carbons (Fsp3) is 0.158. The first-order valence-corrected chi connectivity index (χ1v) is 10.3. The summed E-state index contributed by atoms with van der Waals surface area (Å²) in [5, 5.41) is 11.7. The van der Waals surface area contributed by atoms with Crippen molar-refractivity contribution < 1.29 is 9.72 Å². The van der Waals surface area contributed by atoms with E-state index in [-0.39, 0.29) is 24.6 Å². The normalized spacial score (nSPS) is 11.5. The van der Waals surface area contributed by atoms with E-state index in [4.69, 9.17) is 18.0 Å². The first-order chi connectivity index (χ1) is 13.5. The number of fused-ring (bicyclic) bond motifs is 1. The third-order valence-corrected chi connectivity index (χ3v) is 6.07. The van der Waals surface area contributed by atoms with Crippen molar-refractivity contribution in [1.82, 2.24) is 4.57 Å². The maximum Gasteiger partial charge on any atom is 0.271 e. The van der Waals surface area contributed by atoms with Crippen molar-refractivity contribution in [2.24, 2.45) is 4.99 Å². The molecule has 0 N–H and O–H groups in total. The summed E-state index contributed by atoms with van der Waals surface area (Å²) in [5.41, 5.74) is 0.563. The van der Waals surface area contributed by atoms with Gasteiger partial charge in [0.05, 0.1) is 21.7 Å². The van der Waals surface area contributed by atoms with Crippen LogP contribution in [-0.2, 0) is 11.3 Å². The van der Waals surface area contributed by atoms with Gasteiger partial charge in [0, 0.05) is 34.2 Å². The number of nitrogens with zero attached hydrogens (tertiary/aromatic N) is 3. The van der Waals surface area contributed by atoms with Crippen LogP contribution in [0.4, 0.5) is 5.69 Å². The van der Waals surface area contributed by atoms with Gasteiger partial charge in [-0.2, -0.15) is 4.99 Å². The van der Waals surface area contributed by atoms with E-state index in [1.54, 1.807) is 34.5 Å². The molecule has 0 aliphatic heterocycles. The Balaban J connectivity index is 1.80. The molecule has 0 unspecified atom stereocenters. The minimum absolute atomic E-state index is 0.0340. The Morgan fingerprint density at radius 3 is 2.75 bits per heavy atom. The number of nitro benzene ring substituents is 1. The molecule has 2 aromatic carbocycles. The number of carbonyl (C=O) groups is 1. The molecule has 0 spiro atoms. The number of thiazole rings is 1. The summed E-state index contributed by atoms with van der Waals surface area (Å²) < 4.78 is 2.43. The van der Waals surface area contributed by atoms with Crippen LogP contribution in [0.1, 0.15) is 6.42 Å². The molecule has 6 nitrogen and oxygen atoms in total. The summed E-state index contributed by atoms with van der Waals surface area (Å²) in [6.45, 7) is 0.173. The highest BCUT2D eigenvalue weighted by atomic mass is 35.5. The molecule has 142 valence electrons. The van der Waals surface area contributed by atoms with E-state index in [2.05, 4.69) is 10.9 Å². The van der Waals surface area contributed by atoms with Gasteiger partial charge in [-0.05, 0) is 30.3 Å². The molecular weight excluding hydrogens is 418 g/mol. The van der Waals surface area contributed by atoms with E-state index in [0.717, 1.165) is 9.60 Å². The summed E-state index contributed by atoms with van der Waals surface area (Å²) in [5.74, 6) is 2.82. The Bertz CT molecular complexity index is 1140. The Morgan fingerprint density at radius 2 is 2.07 bits per heavy atom. The third kappa shape index (κ3) is 4.81. The quantitative estimate of drug-likeness (QED) is 0.249. The molecule has 1 aromatic heterocycles. The molecule has 28 heavy (non-hydrogen) atoms. The van der Waals surface area contributed by atoms with Crippen LogP contribution in [0.15, 0.2) is 52.4 Å². The maximum absolute atomic E-state index is 12.3. The van der Waals surface area contributed by atoms with Crippen molar-refractivity contribution in [2.75, 3.05) is 5.75 Å². The molecule has 1 heterocycles. The predicted octanol–water partition coefficient (Wildman–Crippen LogP) is 4.51. The van der Waals surface area contributed by atoms with Gasteiger partial charge in [0.2, 0.25) is 5.91 Å². The Kier molecular flexibility index (Phi) is 6.52. The minimum atomic E-state index is -0.465. The van der Waals surface area contributed by atoms with Crippen molar-refractivity contribution in [3.05, 3.63) is 62.4 Å². The second kappa shape index (κ2) is 9.06. The van der Waals surface area contributed by atoms with Crippen molar-refractivity contribution in [1.29, 1.82) is 0 Å². The van der Waals surface area contributed by atoms with Gasteiger partial charge in [0.25, 0.3) is 5.69 Å². The van der Waals surface area contributed by atoms with Crippen LogP contribution < -0.4 is 4.80 Å². The average Bonchev–Trinajstić information content (AvgIpc) is 3.00. The third-order valence-electron chi connectivity index (χ3n) is 3.74. The number of aromatic nitrogens is 1. The molecule has 0 radical (unpaired) electrons. The number of benzene rings is 2. The molecule has 0 atom stereocenters. The molecule has 0 aliphatic rings. The van der Waals surface area contributed by atoms with Gasteiger partial charge >= 0.3 is 0 Å². The highest BCUT2D eigenvalue weighted by molar-refractivity contribution is 7.99. The van der Waals surface area contributed by atoms with E-state index in [9.17, 15) is 14.9 Å². The minimum Gasteiger partial charge on any atom is -0.304 e. The number of terminal acetylenes is 1. The number of hydrogen-bond acceptors (Lipinski definition) is 5. The Labute approximate surface area is 174 Å². The van der Waals surface area contributed by atoms with Crippen LogP contribution in [-0.4, -0.2) is 21.2 Å². The van der Waals surface area contributed by atoms with E-state index < -0.39 is 4.92 Å². The fourth-order valence-electron chi connectivity index (χ4n) is 2.45. The van der Waals surface area contributed by atoms with E-state index >= 15 is 0 Å². The van der Waals surface area contributed by atoms with Crippen LogP contribution in [0.25, 0.3) is 10.2 Å². The van der Waals surface area contributed by atoms with Crippen LogP contribution in [0, 0.1) is 22.5 Å². The summed E-state index contributed by atoms with van der Waals surface area (Å²) in [4.78, 5) is 28.5. The SMILES string of the molecule is C#CCn1c(=NC(=O)CCSc2ccc(Cl)cc2)sc2ccc([N+](=O)[O-])cc21. The zero-order valence-electron chi connectivity index (χ0n) is 14.5. The van der Waals surface area contributed by atoms with Gasteiger partial charge in [-0.1, -0.05) is 28.9 Å². The molecule has 0 bridgehead atoms. The maximum atomic E-state index is 12.3. The number of halogens is 1. The summed E-state index contributed by atoms with van der Waals surface area (Å²) in [7, 11) is 0.